The van der Waals surface area contributed by atoms with Gasteiger partial charge in [0.15, 0.2) is 0 Å². The van der Waals surface area contributed by atoms with Gasteiger partial charge in [0.2, 0.25) is 0 Å². The molecule has 5 heteroatoms. The maximum absolute atomic E-state index is 3.88. The van der Waals surface area contributed by atoms with Crippen LogP contribution in [0.25, 0.3) is 39.1 Å². The minimum absolute atomic E-state index is 0. The van der Waals surface area contributed by atoms with Gasteiger partial charge in [0, 0.05) is 0 Å². The van der Waals surface area contributed by atoms with E-state index in [1.807, 2.05) is 0 Å². The maximum atomic E-state index is 2.74. The van der Waals surface area contributed by atoms with Crippen molar-refractivity contribution in [3.05, 3.63) is 164 Å². The van der Waals surface area contributed by atoms with Crippen LogP contribution in [0.5, 0.6) is 0 Å². The summed E-state index contributed by atoms with van der Waals surface area (Å²) >= 11 is -3.88. The standard InChI is InChI=1S/C22H17.C21H20N.2CH3.2ClH.H2Si.Zr/c1-16-12-20-14-19(17-8-4-2-5-9-17)15-22(21(20)13-16)18-10-6-3-7-11-18;1-14(2)17-12-18-11-15(3)22(21(18)13-17)20-10-6-8-16-7-4-5-9-19(16)20;;;;;;/h2-15H,1H3;4-11,13-15H,1-3H3;2*1H3;2*1H;1H2;. The number of anilines is 1. The molecule has 254 valence electrons. The fourth-order valence-electron chi connectivity index (χ4n) is 9.28. The van der Waals surface area contributed by atoms with E-state index < -0.39 is 17.4 Å². The van der Waals surface area contributed by atoms with Gasteiger partial charge in [-0.05, 0) is 0 Å². The first-order chi connectivity index (χ1) is 23.0. The van der Waals surface area contributed by atoms with Gasteiger partial charge in [-0.25, -0.2) is 0 Å². The third kappa shape index (κ3) is 5.79. The van der Waals surface area contributed by atoms with Gasteiger partial charge in [0.25, 0.3) is 0 Å². The van der Waals surface area contributed by atoms with Crippen LogP contribution in [-0.4, -0.2) is 12.9 Å². The van der Waals surface area contributed by atoms with E-state index in [1.165, 1.54) is 66.7 Å². The maximum Gasteiger partial charge on any atom is -0.147 e. The summed E-state index contributed by atoms with van der Waals surface area (Å²) in [6, 6.07) is 42.9. The van der Waals surface area contributed by atoms with Crippen LogP contribution in [0.3, 0.4) is 0 Å². The molecule has 2 unspecified atom stereocenters. The monoisotopic (exact) mass is 789 g/mol. The Hall–Kier alpha value is -3.20. The Kier molecular flexibility index (Phi) is 9.81. The van der Waals surface area contributed by atoms with Gasteiger partial charge in [-0.1, -0.05) is 0 Å². The third-order valence-electron chi connectivity index (χ3n) is 11.1. The van der Waals surface area contributed by atoms with Crippen molar-refractivity contribution in [3.63, 3.8) is 0 Å². The Morgan fingerprint density at radius 2 is 1.34 bits per heavy atom. The smallest absolute Gasteiger partial charge is 0.147 e. The summed E-state index contributed by atoms with van der Waals surface area (Å²) in [7, 11) is 0. The molecule has 0 N–H and O–H groups in total. The molecule has 0 aromatic heterocycles. The van der Waals surface area contributed by atoms with Crippen molar-refractivity contribution in [2.24, 2.45) is 5.92 Å². The number of nitrogens with zero attached hydrogens (tertiary/aromatic N) is 1. The number of hydrogen-bond acceptors (Lipinski definition) is 1. The second-order valence-corrected chi connectivity index (χ2v) is 44.9. The molecule has 5 aromatic rings. The Balaban J connectivity index is 0.00000216. The van der Waals surface area contributed by atoms with Crippen molar-refractivity contribution in [2.45, 2.75) is 46.6 Å². The Bertz CT molecular complexity index is 2320. The molecule has 1 heterocycles. The summed E-state index contributed by atoms with van der Waals surface area (Å²) in [4.78, 5) is 2.62. The first-order valence-electron chi connectivity index (χ1n) is 17.5. The predicted molar refractivity (Wildman–Crippen MR) is 222 cm³/mol. The second-order valence-electron chi connectivity index (χ2n) is 15.6. The minimum atomic E-state index is -3.88. The van der Waals surface area contributed by atoms with E-state index in [2.05, 4.69) is 182 Å². The zero-order chi connectivity index (χ0) is 33.4. The average Bonchev–Trinajstić information content (AvgIpc) is 3.73. The number of rotatable bonds is 6. The molecule has 0 spiro atoms. The molecule has 0 saturated carbocycles. The van der Waals surface area contributed by atoms with Crippen LogP contribution in [-0.2, 0) is 17.4 Å². The van der Waals surface area contributed by atoms with Crippen molar-refractivity contribution >= 4 is 54.2 Å². The number of fused-ring (bicyclic) bond motifs is 3. The molecule has 2 aliphatic carbocycles. The molecule has 0 radical (unpaired) electrons. The van der Waals surface area contributed by atoms with Crippen LogP contribution >= 0.6 is 24.8 Å². The molecule has 1 nitrogen and oxygen atoms in total. The van der Waals surface area contributed by atoms with E-state index in [1.54, 1.807) is 8.85 Å². The Morgan fingerprint density at radius 1 is 0.720 bits per heavy atom. The van der Waals surface area contributed by atoms with Crippen molar-refractivity contribution in [2.75, 3.05) is 4.90 Å². The minimum Gasteiger partial charge on any atom is -0.147 e. The van der Waals surface area contributed by atoms with Crippen molar-refractivity contribution in [3.8, 4) is 22.3 Å². The zero-order valence-corrected chi connectivity index (χ0v) is 35.4. The summed E-state index contributed by atoms with van der Waals surface area (Å²) < 4.78 is 7.63. The molecule has 2 atom stereocenters. The van der Waals surface area contributed by atoms with E-state index in [4.69, 9.17) is 0 Å². The summed E-state index contributed by atoms with van der Waals surface area (Å²) in [5, 5.41) is 2.62. The largest absolute Gasteiger partial charge is 0.147 e. The van der Waals surface area contributed by atoms with Crippen LogP contribution in [0, 0.1) is 5.92 Å². The topological polar surface area (TPSA) is 3.24 Å². The van der Waals surface area contributed by atoms with Crippen molar-refractivity contribution in [1.29, 1.82) is 0 Å². The second kappa shape index (κ2) is 13.4. The molecule has 0 bridgehead atoms. The molecular weight excluding hydrogens is 745 g/mol. The summed E-state index contributed by atoms with van der Waals surface area (Å²) in [5.41, 5.74) is 15.5. The van der Waals surface area contributed by atoms with Crippen LogP contribution in [0.2, 0.25) is 9.26 Å². The third-order valence-corrected chi connectivity index (χ3v) is 27.5. The van der Waals surface area contributed by atoms with Gasteiger partial charge in [0.1, 0.15) is 0 Å². The molecule has 0 saturated heterocycles. The van der Waals surface area contributed by atoms with Gasteiger partial charge in [-0.3, -0.25) is 0 Å². The molecule has 1 aliphatic heterocycles. The predicted octanol–water partition coefficient (Wildman–Crippen LogP) is 12.5. The fraction of sp³-hybridized carbons (Fsp3) is 0.200. The van der Waals surface area contributed by atoms with Gasteiger partial charge >= 0.3 is 291 Å². The molecule has 0 fully saturated rings. The van der Waals surface area contributed by atoms with Crippen LogP contribution in [0.4, 0.5) is 5.69 Å². The number of halogens is 2. The quantitative estimate of drug-likeness (QED) is 0.155. The van der Waals surface area contributed by atoms with Crippen LogP contribution in [0.1, 0.15) is 42.4 Å². The Morgan fingerprint density at radius 3 is 2.02 bits per heavy atom. The summed E-state index contributed by atoms with van der Waals surface area (Å²) in [6.07, 6.45) is 7.71. The van der Waals surface area contributed by atoms with Gasteiger partial charge in [-0.15, -0.1) is 24.8 Å². The fourth-order valence-corrected chi connectivity index (χ4v) is 28.3. The number of benzene rings is 5. The van der Waals surface area contributed by atoms with Crippen LogP contribution < -0.4 is 4.90 Å². The normalized spacial score (nSPS) is 18.3. The SMILES string of the molecule is CC1=Cc2c(-c3ccccc3)cc(-c3ccccc3)cc2[CH]1[Zr]([CH3])([CH3])(=[SiH2])[C]1=C(C(C)C)C=C2C1=CC(C)N2c1cccc2ccccc12.Cl.Cl. The van der Waals surface area contributed by atoms with Gasteiger partial charge < -0.3 is 0 Å². The molecule has 50 heavy (non-hydrogen) atoms. The van der Waals surface area contributed by atoms with E-state index >= 15 is 0 Å². The zero-order valence-electron chi connectivity index (χ0n) is 29.9. The van der Waals surface area contributed by atoms with Gasteiger partial charge in [-0.2, -0.15) is 0 Å². The van der Waals surface area contributed by atoms with E-state index in [0.29, 0.717) is 9.54 Å². The van der Waals surface area contributed by atoms with E-state index in [9.17, 15) is 0 Å². The molecular formula is C45H47Cl2NSiZr. The first-order valence-corrected chi connectivity index (χ1v) is 31.0. The molecule has 0 amide bonds. The van der Waals surface area contributed by atoms with Crippen molar-refractivity contribution < 1.29 is 17.4 Å². The molecule has 3 aliphatic rings. The number of allylic oxidation sites excluding steroid dienone is 4. The molecule has 8 rings (SSSR count). The van der Waals surface area contributed by atoms with Crippen LogP contribution in [0.15, 0.2) is 153 Å². The van der Waals surface area contributed by atoms with E-state index in [-0.39, 0.29) is 30.9 Å². The average molecular weight is 792 g/mol. The summed E-state index contributed by atoms with van der Waals surface area (Å²) in [6.45, 7) is 12.0. The number of hydrogen-bond donors (Lipinski definition) is 0. The van der Waals surface area contributed by atoms with Crippen molar-refractivity contribution in [1.82, 2.24) is 0 Å². The van der Waals surface area contributed by atoms with E-state index in [0.717, 1.165) is 0 Å². The Labute approximate surface area is 313 Å². The summed E-state index contributed by atoms with van der Waals surface area (Å²) in [5.74, 6) is 0.446. The molecule has 5 aromatic carbocycles. The van der Waals surface area contributed by atoms with Gasteiger partial charge in [0.05, 0.1) is 0 Å². The first kappa shape index (κ1) is 36.6.